The quantitative estimate of drug-likeness (QED) is 0.735. The number of unbranched alkanes of at least 4 members (excludes halogenated alkanes) is 1. The molecule has 0 saturated carbocycles. The minimum atomic E-state index is 0.616. The summed E-state index contributed by atoms with van der Waals surface area (Å²) in [5.41, 5.74) is 8.31. The van der Waals surface area contributed by atoms with E-state index in [1.165, 1.54) is 30.4 Å². The zero-order chi connectivity index (χ0) is 11.8. The van der Waals surface area contributed by atoms with Crippen LogP contribution in [-0.4, -0.2) is 6.54 Å². The third-order valence-corrected chi connectivity index (χ3v) is 3.04. The van der Waals surface area contributed by atoms with Crippen molar-refractivity contribution in [2.24, 2.45) is 5.73 Å². The first kappa shape index (κ1) is 13.0. The highest BCUT2D eigenvalue weighted by molar-refractivity contribution is 5.48. The lowest BCUT2D eigenvalue weighted by molar-refractivity contribution is 0.553. The summed E-state index contributed by atoms with van der Waals surface area (Å²) in [6.45, 7) is 6.82. The van der Waals surface area contributed by atoms with Crippen LogP contribution in [0.25, 0.3) is 6.08 Å². The van der Waals surface area contributed by atoms with Crippen LogP contribution in [0.2, 0.25) is 0 Å². The summed E-state index contributed by atoms with van der Waals surface area (Å²) in [5, 5.41) is 0. The summed E-state index contributed by atoms with van der Waals surface area (Å²) in [6, 6.07) is 8.66. The van der Waals surface area contributed by atoms with E-state index >= 15 is 0 Å². The first-order chi connectivity index (χ1) is 7.81. The van der Waals surface area contributed by atoms with E-state index in [2.05, 4.69) is 37.8 Å². The minimum absolute atomic E-state index is 0.616. The monoisotopic (exact) mass is 217 g/mol. The van der Waals surface area contributed by atoms with Crippen molar-refractivity contribution < 1.29 is 0 Å². The molecule has 16 heavy (non-hydrogen) atoms. The predicted molar refractivity (Wildman–Crippen MR) is 72.5 cm³/mol. The molecule has 1 unspecified atom stereocenters. The molecule has 0 amide bonds. The number of hydrogen-bond donors (Lipinski definition) is 1. The zero-order valence-electron chi connectivity index (χ0n) is 10.3. The van der Waals surface area contributed by atoms with Gasteiger partial charge >= 0.3 is 0 Å². The number of nitrogens with two attached hydrogens (primary N) is 1. The normalized spacial score (nSPS) is 12.4. The van der Waals surface area contributed by atoms with Gasteiger partial charge in [0.1, 0.15) is 0 Å². The van der Waals surface area contributed by atoms with E-state index in [1.54, 1.807) is 0 Å². The second kappa shape index (κ2) is 7.24. The van der Waals surface area contributed by atoms with Gasteiger partial charge in [-0.2, -0.15) is 0 Å². The molecule has 0 fully saturated rings. The molecule has 88 valence electrons. The van der Waals surface area contributed by atoms with Crippen LogP contribution in [0, 0.1) is 0 Å². The lowest BCUT2D eigenvalue weighted by Crippen LogP contribution is -2.07. The minimum Gasteiger partial charge on any atom is -0.330 e. The maximum Gasteiger partial charge on any atom is -0.00714 e. The first-order valence-electron chi connectivity index (χ1n) is 6.24. The molecule has 1 aromatic rings. The van der Waals surface area contributed by atoms with Gasteiger partial charge in [-0.15, -0.1) is 0 Å². The van der Waals surface area contributed by atoms with Gasteiger partial charge in [0, 0.05) is 0 Å². The summed E-state index contributed by atoms with van der Waals surface area (Å²) in [5.74, 6) is 0.616. The van der Waals surface area contributed by atoms with E-state index in [0.29, 0.717) is 5.92 Å². The molecule has 1 aromatic carbocycles. The number of rotatable bonds is 7. The van der Waals surface area contributed by atoms with Gasteiger partial charge in [0.25, 0.3) is 0 Å². The lowest BCUT2D eigenvalue weighted by Gasteiger charge is -2.16. The first-order valence-corrected chi connectivity index (χ1v) is 6.24. The number of benzene rings is 1. The van der Waals surface area contributed by atoms with Crippen LogP contribution in [0.4, 0.5) is 0 Å². The second-order valence-corrected chi connectivity index (χ2v) is 4.29. The maximum atomic E-state index is 5.69. The van der Waals surface area contributed by atoms with Crippen LogP contribution in [0.1, 0.15) is 49.7 Å². The van der Waals surface area contributed by atoms with Crippen LogP contribution in [0.5, 0.6) is 0 Å². The van der Waals surface area contributed by atoms with E-state index in [9.17, 15) is 0 Å². The molecule has 1 atom stereocenters. The summed E-state index contributed by atoms with van der Waals surface area (Å²) < 4.78 is 0. The molecule has 0 spiro atoms. The van der Waals surface area contributed by atoms with Crippen molar-refractivity contribution in [1.82, 2.24) is 0 Å². The summed E-state index contributed by atoms with van der Waals surface area (Å²) in [4.78, 5) is 0. The Bertz CT molecular complexity index is 317. The van der Waals surface area contributed by atoms with Crippen molar-refractivity contribution in [1.29, 1.82) is 0 Å². The summed E-state index contributed by atoms with van der Waals surface area (Å²) in [7, 11) is 0. The van der Waals surface area contributed by atoms with Crippen molar-refractivity contribution in [2.45, 2.75) is 38.5 Å². The zero-order valence-corrected chi connectivity index (χ0v) is 10.3. The van der Waals surface area contributed by atoms with E-state index in [-0.39, 0.29) is 0 Å². The average Bonchev–Trinajstić information content (AvgIpc) is 2.34. The van der Waals surface area contributed by atoms with Crippen molar-refractivity contribution in [3.8, 4) is 0 Å². The highest BCUT2D eigenvalue weighted by Gasteiger charge is 2.10. The van der Waals surface area contributed by atoms with E-state index in [0.717, 1.165) is 13.0 Å². The molecule has 0 saturated heterocycles. The van der Waals surface area contributed by atoms with E-state index in [1.807, 2.05) is 6.08 Å². The van der Waals surface area contributed by atoms with Crippen molar-refractivity contribution in [3.63, 3.8) is 0 Å². The molecule has 0 radical (unpaired) electrons. The van der Waals surface area contributed by atoms with Gasteiger partial charge in [-0.25, -0.2) is 0 Å². The SMILES string of the molecule is C=Cc1cccc(C(CCN)CCCC)c1. The second-order valence-electron chi connectivity index (χ2n) is 4.29. The Morgan fingerprint density at radius 1 is 1.38 bits per heavy atom. The fraction of sp³-hybridized carbons (Fsp3) is 0.467. The van der Waals surface area contributed by atoms with Gasteiger partial charge in [0.15, 0.2) is 0 Å². The fourth-order valence-electron chi connectivity index (χ4n) is 2.07. The predicted octanol–water partition coefficient (Wildman–Crippen LogP) is 3.95. The van der Waals surface area contributed by atoms with Gasteiger partial charge in [0.2, 0.25) is 0 Å². The average molecular weight is 217 g/mol. The Balaban J connectivity index is 2.77. The van der Waals surface area contributed by atoms with Crippen LogP contribution >= 0.6 is 0 Å². The van der Waals surface area contributed by atoms with Crippen LogP contribution in [-0.2, 0) is 0 Å². The van der Waals surface area contributed by atoms with Crippen LogP contribution in [0.3, 0.4) is 0 Å². The molecule has 0 aromatic heterocycles. The Labute approximate surface area is 99.4 Å². The van der Waals surface area contributed by atoms with Crippen LogP contribution < -0.4 is 5.73 Å². The van der Waals surface area contributed by atoms with Gasteiger partial charge in [0.05, 0.1) is 0 Å². The topological polar surface area (TPSA) is 26.0 Å². The van der Waals surface area contributed by atoms with Gasteiger partial charge < -0.3 is 5.73 Å². The van der Waals surface area contributed by atoms with Gasteiger partial charge in [-0.1, -0.05) is 56.7 Å². The highest BCUT2D eigenvalue weighted by atomic mass is 14.5. The highest BCUT2D eigenvalue weighted by Crippen LogP contribution is 2.26. The standard InChI is InChI=1S/C15H23N/c1-3-5-8-14(10-11-16)15-9-6-7-13(4-2)12-15/h4,6-7,9,12,14H,2-3,5,8,10-11,16H2,1H3. The molecule has 0 bridgehead atoms. The molecular weight excluding hydrogens is 194 g/mol. The molecule has 0 heterocycles. The van der Waals surface area contributed by atoms with E-state index in [4.69, 9.17) is 5.73 Å². The molecule has 0 aliphatic rings. The van der Waals surface area contributed by atoms with Crippen molar-refractivity contribution >= 4 is 6.08 Å². The third kappa shape index (κ3) is 3.82. The lowest BCUT2D eigenvalue weighted by atomic mass is 9.90. The Kier molecular flexibility index (Phi) is 5.87. The molecule has 0 aliphatic heterocycles. The molecule has 1 heteroatoms. The van der Waals surface area contributed by atoms with Gasteiger partial charge in [-0.05, 0) is 36.4 Å². The molecule has 1 rings (SSSR count). The summed E-state index contributed by atoms with van der Waals surface area (Å²) in [6.07, 6.45) is 6.77. The largest absolute Gasteiger partial charge is 0.330 e. The molecule has 2 N–H and O–H groups in total. The van der Waals surface area contributed by atoms with Gasteiger partial charge in [-0.3, -0.25) is 0 Å². The Morgan fingerprint density at radius 3 is 2.81 bits per heavy atom. The van der Waals surface area contributed by atoms with Crippen molar-refractivity contribution in [2.75, 3.05) is 6.54 Å². The molecular formula is C15H23N. The Hall–Kier alpha value is -1.08. The third-order valence-electron chi connectivity index (χ3n) is 3.04. The Morgan fingerprint density at radius 2 is 2.19 bits per heavy atom. The maximum absolute atomic E-state index is 5.69. The van der Waals surface area contributed by atoms with Crippen molar-refractivity contribution in [3.05, 3.63) is 42.0 Å². The molecule has 1 nitrogen and oxygen atoms in total. The summed E-state index contributed by atoms with van der Waals surface area (Å²) >= 11 is 0. The fourth-order valence-corrected chi connectivity index (χ4v) is 2.07. The van der Waals surface area contributed by atoms with E-state index < -0.39 is 0 Å². The smallest absolute Gasteiger partial charge is 0.00714 e. The van der Waals surface area contributed by atoms with Crippen LogP contribution in [0.15, 0.2) is 30.8 Å². The number of hydrogen-bond acceptors (Lipinski definition) is 1. The molecule has 0 aliphatic carbocycles.